The minimum absolute atomic E-state index is 0.0329. The lowest BCUT2D eigenvalue weighted by Gasteiger charge is -1.93. The van der Waals surface area contributed by atoms with E-state index in [4.69, 9.17) is 5.11 Å². The number of carboxylic acids is 1. The molecule has 2 N–H and O–H groups in total. The fourth-order valence-electron chi connectivity index (χ4n) is 1.34. The maximum atomic E-state index is 10.3. The Bertz CT molecular complexity index is 514. The predicted octanol–water partition coefficient (Wildman–Crippen LogP) is 2.05. The highest BCUT2D eigenvalue weighted by Gasteiger charge is 1.96. The van der Waals surface area contributed by atoms with Gasteiger partial charge in [-0.05, 0) is 17.7 Å². The van der Waals surface area contributed by atoms with Crippen molar-refractivity contribution >= 4 is 23.1 Å². The summed E-state index contributed by atoms with van der Waals surface area (Å²) in [5.41, 5.74) is 1.74. The quantitative estimate of drug-likeness (QED) is 0.800. The zero-order chi connectivity index (χ0) is 10.7. The van der Waals surface area contributed by atoms with Gasteiger partial charge in [0.2, 0.25) is 0 Å². The van der Waals surface area contributed by atoms with Gasteiger partial charge in [0.25, 0.3) is 0 Å². The number of rotatable bonds is 3. The third-order valence-corrected chi connectivity index (χ3v) is 2.02. The smallest absolute Gasteiger partial charge is 0.307 e. The number of H-pyrrole nitrogens is 1. The Balaban J connectivity index is 2.21. The predicted molar refractivity (Wildman–Crippen MR) is 57.4 cm³/mol. The van der Waals surface area contributed by atoms with Crippen LogP contribution in [0, 0.1) is 0 Å². The number of carbonyl (C=O) groups is 1. The molecule has 0 saturated carbocycles. The Morgan fingerprint density at radius 1 is 1.60 bits per heavy atom. The fraction of sp³-hybridized carbons (Fsp3) is 0.0909. The molecule has 0 radical (unpaired) electrons. The van der Waals surface area contributed by atoms with Gasteiger partial charge in [0.15, 0.2) is 0 Å². The average Bonchev–Trinajstić information content (AvgIpc) is 2.64. The van der Waals surface area contributed by atoms with Crippen molar-refractivity contribution in [2.24, 2.45) is 0 Å². The maximum absolute atomic E-state index is 10.3. The van der Waals surface area contributed by atoms with Crippen molar-refractivity contribution in [1.82, 2.24) is 9.97 Å². The van der Waals surface area contributed by atoms with E-state index in [1.54, 1.807) is 18.3 Å². The van der Waals surface area contributed by atoms with Crippen LogP contribution in [0.5, 0.6) is 0 Å². The number of hydrogen-bond acceptors (Lipinski definition) is 2. The van der Waals surface area contributed by atoms with Gasteiger partial charge in [-0.1, -0.05) is 12.2 Å². The molecule has 0 spiro atoms. The number of fused-ring (bicyclic) bond motifs is 1. The van der Waals surface area contributed by atoms with Crippen LogP contribution in [0.15, 0.2) is 30.6 Å². The van der Waals surface area contributed by atoms with Crippen LogP contribution in [0.2, 0.25) is 0 Å². The van der Waals surface area contributed by atoms with Crippen LogP contribution < -0.4 is 0 Å². The minimum atomic E-state index is -0.832. The summed E-state index contributed by atoms with van der Waals surface area (Å²) in [6.45, 7) is 0. The van der Waals surface area contributed by atoms with Crippen molar-refractivity contribution < 1.29 is 9.90 Å². The van der Waals surface area contributed by atoms with E-state index >= 15 is 0 Å². The molecule has 0 saturated heterocycles. The summed E-state index contributed by atoms with van der Waals surface area (Å²) in [5.74, 6) is -0.832. The van der Waals surface area contributed by atoms with Gasteiger partial charge < -0.3 is 10.1 Å². The number of aromatic amines is 1. The lowest BCUT2D eigenvalue weighted by Crippen LogP contribution is -1.89. The summed E-state index contributed by atoms with van der Waals surface area (Å²) < 4.78 is 0. The first-order valence-electron chi connectivity index (χ1n) is 4.57. The molecule has 0 bridgehead atoms. The van der Waals surface area contributed by atoms with Crippen LogP contribution in [-0.4, -0.2) is 21.0 Å². The third kappa shape index (κ3) is 2.22. The minimum Gasteiger partial charge on any atom is -0.481 e. The van der Waals surface area contributed by atoms with Crippen LogP contribution in [0.25, 0.3) is 17.1 Å². The van der Waals surface area contributed by atoms with Gasteiger partial charge in [-0.15, -0.1) is 0 Å². The highest BCUT2D eigenvalue weighted by Crippen LogP contribution is 2.12. The maximum Gasteiger partial charge on any atom is 0.307 e. The molecule has 0 aliphatic heterocycles. The van der Waals surface area contributed by atoms with Crippen molar-refractivity contribution in [3.05, 3.63) is 36.2 Å². The molecule has 2 aromatic heterocycles. The highest BCUT2D eigenvalue weighted by molar-refractivity contribution is 5.78. The summed E-state index contributed by atoms with van der Waals surface area (Å²) in [4.78, 5) is 17.5. The van der Waals surface area contributed by atoms with Gasteiger partial charge in [-0.2, -0.15) is 0 Å². The van der Waals surface area contributed by atoms with Crippen LogP contribution in [0.4, 0.5) is 0 Å². The highest BCUT2D eigenvalue weighted by atomic mass is 16.4. The number of aromatic nitrogens is 2. The Labute approximate surface area is 86.3 Å². The summed E-state index contributed by atoms with van der Waals surface area (Å²) in [7, 11) is 0. The molecule has 4 nitrogen and oxygen atoms in total. The van der Waals surface area contributed by atoms with E-state index in [1.807, 2.05) is 18.3 Å². The first-order valence-corrected chi connectivity index (χ1v) is 4.57. The van der Waals surface area contributed by atoms with Gasteiger partial charge in [0.05, 0.1) is 6.42 Å². The van der Waals surface area contributed by atoms with Gasteiger partial charge in [-0.25, -0.2) is 4.98 Å². The van der Waals surface area contributed by atoms with Crippen LogP contribution in [0.1, 0.15) is 12.0 Å². The molecular formula is C11H10N2O2. The first kappa shape index (κ1) is 9.45. The number of aliphatic carboxylic acids is 1. The topological polar surface area (TPSA) is 66.0 Å². The Morgan fingerprint density at radius 2 is 2.47 bits per heavy atom. The monoisotopic (exact) mass is 202 g/mol. The van der Waals surface area contributed by atoms with E-state index < -0.39 is 5.97 Å². The summed E-state index contributed by atoms with van der Waals surface area (Å²) >= 11 is 0. The van der Waals surface area contributed by atoms with Gasteiger partial charge in [-0.3, -0.25) is 4.79 Å². The largest absolute Gasteiger partial charge is 0.481 e. The second kappa shape index (κ2) is 3.96. The molecule has 0 fully saturated rings. The number of nitrogens with zero attached hydrogens (tertiary/aromatic N) is 1. The summed E-state index contributed by atoms with van der Waals surface area (Å²) in [6, 6.07) is 3.88. The first-order chi connectivity index (χ1) is 7.25. The second-order valence-corrected chi connectivity index (χ2v) is 3.18. The van der Waals surface area contributed by atoms with Crippen LogP contribution >= 0.6 is 0 Å². The van der Waals surface area contributed by atoms with E-state index in [0.717, 1.165) is 16.6 Å². The Kier molecular flexibility index (Phi) is 2.49. The van der Waals surface area contributed by atoms with E-state index in [1.165, 1.54) is 0 Å². The van der Waals surface area contributed by atoms with Crippen molar-refractivity contribution in [3.63, 3.8) is 0 Å². The molecule has 0 aromatic carbocycles. The number of carboxylic acid groups (broad SMARTS) is 1. The van der Waals surface area contributed by atoms with E-state index in [-0.39, 0.29) is 6.42 Å². The summed E-state index contributed by atoms with van der Waals surface area (Å²) in [6.07, 6.45) is 6.93. The molecule has 2 rings (SSSR count). The SMILES string of the molecule is O=C(O)CC=Cc1cnc2[nH]ccc2c1. The Morgan fingerprint density at radius 3 is 3.27 bits per heavy atom. The number of nitrogens with one attached hydrogen (secondary N) is 1. The molecule has 2 heterocycles. The molecule has 0 atom stereocenters. The second-order valence-electron chi connectivity index (χ2n) is 3.18. The third-order valence-electron chi connectivity index (χ3n) is 2.02. The van der Waals surface area contributed by atoms with Crippen molar-refractivity contribution in [3.8, 4) is 0 Å². The van der Waals surface area contributed by atoms with Crippen LogP contribution in [0.3, 0.4) is 0 Å². The lowest BCUT2D eigenvalue weighted by molar-refractivity contribution is -0.135. The lowest BCUT2D eigenvalue weighted by atomic mass is 10.2. The fourth-order valence-corrected chi connectivity index (χ4v) is 1.34. The standard InChI is InChI=1S/C11H10N2O2/c14-10(15)3-1-2-8-6-9-4-5-12-11(9)13-7-8/h1-2,4-7H,3H2,(H,12,13)(H,14,15). The van der Waals surface area contributed by atoms with Gasteiger partial charge in [0, 0.05) is 17.8 Å². The van der Waals surface area contributed by atoms with Gasteiger partial charge >= 0.3 is 5.97 Å². The van der Waals surface area contributed by atoms with Crippen molar-refractivity contribution in [2.75, 3.05) is 0 Å². The average molecular weight is 202 g/mol. The zero-order valence-electron chi connectivity index (χ0n) is 7.97. The Hall–Kier alpha value is -2.10. The normalized spacial score (nSPS) is 11.2. The molecule has 0 amide bonds. The van der Waals surface area contributed by atoms with E-state index in [0.29, 0.717) is 0 Å². The molecular weight excluding hydrogens is 192 g/mol. The number of pyridine rings is 1. The molecule has 2 aromatic rings. The molecule has 0 unspecified atom stereocenters. The van der Waals surface area contributed by atoms with Crippen LogP contribution in [-0.2, 0) is 4.79 Å². The van der Waals surface area contributed by atoms with Crippen molar-refractivity contribution in [2.45, 2.75) is 6.42 Å². The molecule has 76 valence electrons. The molecule has 0 aliphatic carbocycles. The zero-order valence-corrected chi connectivity index (χ0v) is 7.97. The molecule has 4 heteroatoms. The van der Waals surface area contributed by atoms with Gasteiger partial charge in [0.1, 0.15) is 5.65 Å². The van der Waals surface area contributed by atoms with E-state index in [2.05, 4.69) is 9.97 Å². The molecule has 15 heavy (non-hydrogen) atoms. The molecule has 0 aliphatic rings. The number of hydrogen-bond donors (Lipinski definition) is 2. The van der Waals surface area contributed by atoms with Crippen molar-refractivity contribution in [1.29, 1.82) is 0 Å². The summed E-state index contributed by atoms with van der Waals surface area (Å²) in [5, 5.41) is 9.48. The van der Waals surface area contributed by atoms with E-state index in [9.17, 15) is 4.79 Å².